The molecule has 0 aliphatic rings. The van der Waals surface area contributed by atoms with Crippen LogP contribution >= 0.6 is 0 Å². The van der Waals surface area contributed by atoms with Crippen molar-refractivity contribution in [1.29, 1.82) is 0 Å². The quantitative estimate of drug-likeness (QED) is 0.748. The summed E-state index contributed by atoms with van der Waals surface area (Å²) in [6.07, 6.45) is 1.32. The van der Waals surface area contributed by atoms with Crippen LogP contribution in [0.4, 0.5) is 20.2 Å². The van der Waals surface area contributed by atoms with Gasteiger partial charge in [0, 0.05) is 29.2 Å². The molecule has 1 aromatic heterocycles. The van der Waals surface area contributed by atoms with Gasteiger partial charge in [-0.1, -0.05) is 18.2 Å². The summed E-state index contributed by atoms with van der Waals surface area (Å²) in [5.74, 6) is -3.13. The number of aromatic nitrogens is 1. The number of pyridine rings is 1. The molecule has 0 bridgehead atoms. The predicted molar refractivity (Wildman–Crippen MR) is 92.9 cm³/mol. The summed E-state index contributed by atoms with van der Waals surface area (Å²) in [5, 5.41) is 5.10. The minimum Gasteiger partial charge on any atom is -0.322 e. The van der Waals surface area contributed by atoms with Crippen molar-refractivity contribution in [2.24, 2.45) is 0 Å². The van der Waals surface area contributed by atoms with Crippen LogP contribution in [0.3, 0.4) is 0 Å². The molecule has 0 aliphatic heterocycles. The fourth-order valence-corrected chi connectivity index (χ4v) is 2.19. The van der Waals surface area contributed by atoms with Crippen molar-refractivity contribution >= 4 is 23.2 Å². The van der Waals surface area contributed by atoms with Crippen molar-refractivity contribution in [2.75, 3.05) is 10.6 Å². The Bertz CT molecular complexity index is 962. The molecule has 0 atom stereocenters. The number of para-hydroxylation sites is 1. The first-order valence-electron chi connectivity index (χ1n) is 7.62. The van der Waals surface area contributed by atoms with Crippen molar-refractivity contribution in [3.63, 3.8) is 0 Å². The van der Waals surface area contributed by atoms with Crippen molar-refractivity contribution in [3.8, 4) is 0 Å². The Morgan fingerprint density at radius 3 is 2.23 bits per heavy atom. The summed E-state index contributed by atoms with van der Waals surface area (Å²) in [4.78, 5) is 28.4. The molecule has 0 fully saturated rings. The Labute approximate surface area is 147 Å². The van der Waals surface area contributed by atoms with E-state index in [9.17, 15) is 18.4 Å². The van der Waals surface area contributed by atoms with Crippen LogP contribution < -0.4 is 10.6 Å². The standard InChI is InChI=1S/C19H13F2N3O2/c20-15-7-6-14(11-16(15)21)24-18(25)12-8-9-22-17(10-12)19(26)23-13-4-2-1-3-5-13/h1-11H,(H,23,26)(H,24,25). The van der Waals surface area contributed by atoms with Gasteiger partial charge in [-0.25, -0.2) is 8.78 Å². The average molecular weight is 353 g/mol. The van der Waals surface area contributed by atoms with Crippen molar-refractivity contribution in [1.82, 2.24) is 4.98 Å². The summed E-state index contributed by atoms with van der Waals surface area (Å²) < 4.78 is 26.2. The third-order valence-corrected chi connectivity index (χ3v) is 3.46. The van der Waals surface area contributed by atoms with E-state index in [4.69, 9.17) is 0 Å². The number of carbonyl (C=O) groups is 2. The van der Waals surface area contributed by atoms with Gasteiger partial charge < -0.3 is 10.6 Å². The maximum Gasteiger partial charge on any atom is 0.274 e. The number of halogens is 2. The largest absolute Gasteiger partial charge is 0.322 e. The second kappa shape index (κ2) is 7.52. The molecular weight excluding hydrogens is 340 g/mol. The summed E-state index contributed by atoms with van der Waals surface area (Å²) in [5.41, 5.74) is 0.895. The Hall–Kier alpha value is -3.61. The molecule has 130 valence electrons. The van der Waals surface area contributed by atoms with Crippen molar-refractivity contribution in [3.05, 3.63) is 89.8 Å². The van der Waals surface area contributed by atoms with Gasteiger partial charge in [-0.3, -0.25) is 14.6 Å². The molecule has 7 heteroatoms. The number of rotatable bonds is 4. The number of benzene rings is 2. The van der Waals surface area contributed by atoms with E-state index < -0.39 is 23.4 Å². The summed E-state index contributed by atoms with van der Waals surface area (Å²) >= 11 is 0. The maximum atomic E-state index is 13.2. The van der Waals surface area contributed by atoms with Crippen LogP contribution in [0, 0.1) is 11.6 Å². The molecule has 2 N–H and O–H groups in total. The third kappa shape index (κ3) is 4.07. The lowest BCUT2D eigenvalue weighted by Gasteiger charge is -2.08. The van der Waals surface area contributed by atoms with Gasteiger partial charge in [-0.2, -0.15) is 0 Å². The predicted octanol–water partition coefficient (Wildman–Crippen LogP) is 3.86. The van der Waals surface area contributed by atoms with Gasteiger partial charge in [-0.05, 0) is 36.4 Å². The highest BCUT2D eigenvalue weighted by Crippen LogP contribution is 2.15. The first-order chi connectivity index (χ1) is 12.5. The molecule has 5 nitrogen and oxygen atoms in total. The Morgan fingerprint density at radius 1 is 0.769 bits per heavy atom. The second-order valence-electron chi connectivity index (χ2n) is 5.33. The number of carbonyl (C=O) groups excluding carboxylic acids is 2. The zero-order chi connectivity index (χ0) is 18.5. The molecule has 0 radical (unpaired) electrons. The van der Waals surface area contributed by atoms with Crippen LogP contribution in [0.25, 0.3) is 0 Å². The molecule has 2 amide bonds. The van der Waals surface area contributed by atoms with E-state index in [2.05, 4.69) is 15.6 Å². The van der Waals surface area contributed by atoms with E-state index >= 15 is 0 Å². The van der Waals surface area contributed by atoms with E-state index in [1.807, 2.05) is 6.07 Å². The van der Waals surface area contributed by atoms with Crippen LogP contribution in [0.2, 0.25) is 0 Å². The highest BCUT2D eigenvalue weighted by atomic mass is 19.2. The van der Waals surface area contributed by atoms with Gasteiger partial charge in [0.2, 0.25) is 0 Å². The molecule has 0 saturated heterocycles. The number of hydrogen-bond acceptors (Lipinski definition) is 3. The fourth-order valence-electron chi connectivity index (χ4n) is 2.19. The van der Waals surface area contributed by atoms with E-state index in [1.165, 1.54) is 24.4 Å². The number of amides is 2. The normalized spacial score (nSPS) is 10.2. The molecular formula is C19H13F2N3O2. The average Bonchev–Trinajstić information content (AvgIpc) is 2.65. The monoisotopic (exact) mass is 353 g/mol. The number of nitrogens with zero attached hydrogens (tertiary/aromatic N) is 1. The van der Waals surface area contributed by atoms with E-state index in [0.29, 0.717) is 5.69 Å². The Balaban J connectivity index is 1.74. The summed E-state index contributed by atoms with van der Waals surface area (Å²) in [7, 11) is 0. The van der Waals surface area contributed by atoms with Gasteiger partial charge in [0.1, 0.15) is 5.69 Å². The van der Waals surface area contributed by atoms with Gasteiger partial charge in [0.05, 0.1) is 0 Å². The first kappa shape index (κ1) is 17.2. The molecule has 0 unspecified atom stereocenters. The molecule has 1 heterocycles. The number of nitrogens with one attached hydrogen (secondary N) is 2. The van der Waals surface area contributed by atoms with Crippen LogP contribution in [0.5, 0.6) is 0 Å². The number of anilines is 2. The molecule has 0 saturated carbocycles. The molecule has 0 aliphatic carbocycles. The van der Waals surface area contributed by atoms with Gasteiger partial charge in [0.15, 0.2) is 11.6 Å². The third-order valence-electron chi connectivity index (χ3n) is 3.46. The second-order valence-corrected chi connectivity index (χ2v) is 5.33. The lowest BCUT2D eigenvalue weighted by molar-refractivity contribution is 0.102. The highest BCUT2D eigenvalue weighted by molar-refractivity contribution is 6.07. The van der Waals surface area contributed by atoms with Crippen LogP contribution in [0.1, 0.15) is 20.8 Å². The van der Waals surface area contributed by atoms with Gasteiger partial charge in [0.25, 0.3) is 11.8 Å². The minimum absolute atomic E-state index is 0.0480. The molecule has 26 heavy (non-hydrogen) atoms. The smallest absolute Gasteiger partial charge is 0.274 e. The molecule has 3 rings (SSSR count). The summed E-state index contributed by atoms with van der Waals surface area (Å²) in [6.45, 7) is 0. The van der Waals surface area contributed by atoms with Crippen LogP contribution in [-0.4, -0.2) is 16.8 Å². The zero-order valence-corrected chi connectivity index (χ0v) is 13.4. The lowest BCUT2D eigenvalue weighted by Crippen LogP contribution is -2.17. The maximum absolute atomic E-state index is 13.2. The van der Waals surface area contributed by atoms with Gasteiger partial charge in [-0.15, -0.1) is 0 Å². The summed E-state index contributed by atoms with van der Waals surface area (Å²) in [6, 6.07) is 14.5. The highest BCUT2D eigenvalue weighted by Gasteiger charge is 2.13. The van der Waals surface area contributed by atoms with Crippen molar-refractivity contribution < 1.29 is 18.4 Å². The molecule has 3 aromatic rings. The molecule has 2 aromatic carbocycles. The van der Waals surface area contributed by atoms with Crippen molar-refractivity contribution in [2.45, 2.75) is 0 Å². The first-order valence-corrected chi connectivity index (χ1v) is 7.62. The van der Waals surface area contributed by atoms with Crippen LogP contribution in [0.15, 0.2) is 66.9 Å². The molecule has 0 spiro atoms. The lowest BCUT2D eigenvalue weighted by atomic mass is 10.2. The topological polar surface area (TPSA) is 71.1 Å². The number of hydrogen-bond donors (Lipinski definition) is 2. The Morgan fingerprint density at radius 2 is 1.50 bits per heavy atom. The zero-order valence-electron chi connectivity index (χ0n) is 13.4. The minimum atomic E-state index is -1.07. The van der Waals surface area contributed by atoms with E-state index in [-0.39, 0.29) is 16.9 Å². The fraction of sp³-hybridized carbons (Fsp3) is 0. The van der Waals surface area contributed by atoms with Gasteiger partial charge >= 0.3 is 0 Å². The van der Waals surface area contributed by atoms with E-state index in [1.54, 1.807) is 24.3 Å². The van der Waals surface area contributed by atoms with Crippen LogP contribution in [-0.2, 0) is 0 Å². The SMILES string of the molecule is O=C(Nc1ccc(F)c(F)c1)c1ccnc(C(=O)Nc2ccccc2)c1. The Kier molecular flexibility index (Phi) is 4.98. The van der Waals surface area contributed by atoms with E-state index in [0.717, 1.165) is 12.1 Å².